The van der Waals surface area contributed by atoms with Gasteiger partial charge in [0.25, 0.3) is 0 Å². The molecule has 0 saturated heterocycles. The number of benzene rings is 1. The van der Waals surface area contributed by atoms with Gasteiger partial charge in [-0.1, -0.05) is 31.9 Å². The van der Waals surface area contributed by atoms with Crippen LogP contribution in [0.15, 0.2) is 24.3 Å². The Labute approximate surface area is 101 Å². The molecule has 1 aromatic rings. The van der Waals surface area contributed by atoms with Crippen LogP contribution in [0.25, 0.3) is 0 Å². The van der Waals surface area contributed by atoms with Crippen molar-refractivity contribution in [3.8, 4) is 5.75 Å². The molecular weight excluding hydrogens is 218 g/mol. The molecule has 0 unspecified atom stereocenters. The van der Waals surface area contributed by atoms with Crippen molar-refractivity contribution in [2.24, 2.45) is 5.73 Å². The van der Waals surface area contributed by atoms with E-state index < -0.39 is 12.0 Å². The van der Waals surface area contributed by atoms with Crippen LogP contribution in [0.2, 0.25) is 0 Å². The fourth-order valence-electron chi connectivity index (χ4n) is 1.48. The highest BCUT2D eigenvalue weighted by Crippen LogP contribution is 2.18. The van der Waals surface area contributed by atoms with E-state index in [4.69, 9.17) is 15.6 Å². The minimum Gasteiger partial charge on any atom is -0.494 e. The summed E-state index contributed by atoms with van der Waals surface area (Å²) >= 11 is 0. The standard InChI is InChI=1S/C13H19NO3/c1-2-3-4-8-17-11-7-5-6-10(9-11)12(14)13(15)16/h5-7,9,12H,2-4,8,14H2,1H3,(H,15,16)/t12-/m0/s1. The summed E-state index contributed by atoms with van der Waals surface area (Å²) in [6.45, 7) is 2.78. The highest BCUT2D eigenvalue weighted by Gasteiger charge is 2.14. The molecule has 0 amide bonds. The lowest BCUT2D eigenvalue weighted by molar-refractivity contribution is -0.138. The number of nitrogens with two attached hydrogens (primary N) is 1. The van der Waals surface area contributed by atoms with Crippen LogP contribution in [0.1, 0.15) is 37.8 Å². The largest absolute Gasteiger partial charge is 0.494 e. The quantitative estimate of drug-likeness (QED) is 0.714. The average molecular weight is 237 g/mol. The smallest absolute Gasteiger partial charge is 0.325 e. The minimum atomic E-state index is -1.03. The number of aliphatic carboxylic acids is 1. The van der Waals surface area contributed by atoms with Crippen molar-refractivity contribution in [2.75, 3.05) is 6.61 Å². The van der Waals surface area contributed by atoms with Gasteiger partial charge >= 0.3 is 5.97 Å². The van der Waals surface area contributed by atoms with Gasteiger partial charge < -0.3 is 15.6 Å². The van der Waals surface area contributed by atoms with Crippen LogP contribution in [0.3, 0.4) is 0 Å². The third-order valence-electron chi connectivity index (χ3n) is 2.50. The number of carboxylic acids is 1. The first kappa shape index (κ1) is 13.5. The average Bonchev–Trinajstić information content (AvgIpc) is 2.34. The van der Waals surface area contributed by atoms with Crippen LogP contribution in [-0.4, -0.2) is 17.7 Å². The van der Waals surface area contributed by atoms with E-state index in [2.05, 4.69) is 6.92 Å². The molecule has 4 nitrogen and oxygen atoms in total. The molecule has 0 aliphatic heterocycles. The van der Waals surface area contributed by atoms with Gasteiger partial charge in [0.15, 0.2) is 0 Å². The number of hydrogen-bond donors (Lipinski definition) is 2. The molecule has 3 N–H and O–H groups in total. The summed E-state index contributed by atoms with van der Waals surface area (Å²) in [7, 11) is 0. The Hall–Kier alpha value is -1.55. The SMILES string of the molecule is CCCCCOc1cccc([C@H](N)C(=O)O)c1. The fraction of sp³-hybridized carbons (Fsp3) is 0.462. The first-order valence-corrected chi connectivity index (χ1v) is 5.86. The molecule has 0 aromatic heterocycles. The predicted octanol–water partition coefficient (Wildman–Crippen LogP) is 2.34. The summed E-state index contributed by atoms with van der Waals surface area (Å²) in [6, 6.07) is 5.95. The normalized spacial score (nSPS) is 12.1. The second kappa shape index (κ2) is 6.91. The predicted molar refractivity (Wildman–Crippen MR) is 66.0 cm³/mol. The Morgan fingerprint density at radius 2 is 2.24 bits per heavy atom. The molecule has 0 fully saturated rings. The molecular formula is C13H19NO3. The van der Waals surface area contributed by atoms with Crippen LogP contribution >= 0.6 is 0 Å². The van der Waals surface area contributed by atoms with E-state index in [0.717, 1.165) is 19.3 Å². The summed E-state index contributed by atoms with van der Waals surface area (Å²) in [5, 5.41) is 8.81. The summed E-state index contributed by atoms with van der Waals surface area (Å²) in [4.78, 5) is 10.7. The van der Waals surface area contributed by atoms with Crippen molar-refractivity contribution in [3.05, 3.63) is 29.8 Å². The summed E-state index contributed by atoms with van der Waals surface area (Å²) in [5.41, 5.74) is 6.09. The second-order valence-corrected chi connectivity index (χ2v) is 3.94. The van der Waals surface area contributed by atoms with Crippen molar-refractivity contribution >= 4 is 5.97 Å². The second-order valence-electron chi connectivity index (χ2n) is 3.94. The number of rotatable bonds is 7. The Kier molecular flexibility index (Phi) is 5.49. The zero-order valence-corrected chi connectivity index (χ0v) is 10.1. The topological polar surface area (TPSA) is 72.5 Å². The lowest BCUT2D eigenvalue weighted by Gasteiger charge is -2.10. The molecule has 0 radical (unpaired) electrons. The number of ether oxygens (including phenoxy) is 1. The van der Waals surface area contributed by atoms with Crippen LogP contribution in [-0.2, 0) is 4.79 Å². The van der Waals surface area contributed by atoms with Crippen LogP contribution < -0.4 is 10.5 Å². The highest BCUT2D eigenvalue weighted by atomic mass is 16.5. The fourth-order valence-corrected chi connectivity index (χ4v) is 1.48. The number of carbonyl (C=O) groups is 1. The molecule has 4 heteroatoms. The van der Waals surface area contributed by atoms with Gasteiger partial charge in [0, 0.05) is 0 Å². The van der Waals surface area contributed by atoms with Crippen molar-refractivity contribution in [3.63, 3.8) is 0 Å². The van der Waals surface area contributed by atoms with Gasteiger partial charge in [-0.25, -0.2) is 0 Å². The van der Waals surface area contributed by atoms with E-state index >= 15 is 0 Å². The summed E-state index contributed by atoms with van der Waals surface area (Å²) < 4.78 is 5.53. The molecule has 1 rings (SSSR count). The Morgan fingerprint density at radius 1 is 1.47 bits per heavy atom. The molecule has 0 spiro atoms. The zero-order chi connectivity index (χ0) is 12.7. The monoisotopic (exact) mass is 237 g/mol. The molecule has 0 aliphatic rings. The van der Waals surface area contributed by atoms with E-state index in [0.29, 0.717) is 17.9 Å². The lowest BCUT2D eigenvalue weighted by Crippen LogP contribution is -2.20. The molecule has 0 bridgehead atoms. The van der Waals surface area contributed by atoms with Crippen LogP contribution in [0, 0.1) is 0 Å². The number of hydrogen-bond acceptors (Lipinski definition) is 3. The molecule has 1 aromatic carbocycles. The van der Waals surface area contributed by atoms with Crippen molar-refractivity contribution in [2.45, 2.75) is 32.2 Å². The van der Waals surface area contributed by atoms with Gasteiger partial charge in [0.2, 0.25) is 0 Å². The molecule has 0 aliphatic carbocycles. The van der Waals surface area contributed by atoms with Crippen molar-refractivity contribution in [1.29, 1.82) is 0 Å². The zero-order valence-electron chi connectivity index (χ0n) is 10.1. The number of carboxylic acid groups (broad SMARTS) is 1. The molecule has 94 valence electrons. The molecule has 0 saturated carbocycles. The van der Waals surface area contributed by atoms with Crippen molar-refractivity contribution < 1.29 is 14.6 Å². The van der Waals surface area contributed by atoms with E-state index in [1.807, 2.05) is 6.07 Å². The molecule has 0 heterocycles. The Bertz CT molecular complexity index is 365. The van der Waals surface area contributed by atoms with E-state index in [1.54, 1.807) is 18.2 Å². The maximum Gasteiger partial charge on any atom is 0.325 e. The van der Waals surface area contributed by atoms with Crippen LogP contribution in [0.4, 0.5) is 0 Å². The van der Waals surface area contributed by atoms with E-state index in [1.165, 1.54) is 0 Å². The summed E-state index contributed by atoms with van der Waals surface area (Å²) in [6.07, 6.45) is 3.29. The summed E-state index contributed by atoms with van der Waals surface area (Å²) in [5.74, 6) is -0.358. The third kappa shape index (κ3) is 4.44. The third-order valence-corrected chi connectivity index (χ3v) is 2.50. The van der Waals surface area contributed by atoms with Gasteiger partial charge in [-0.2, -0.15) is 0 Å². The van der Waals surface area contributed by atoms with Gasteiger partial charge in [0.1, 0.15) is 11.8 Å². The first-order valence-electron chi connectivity index (χ1n) is 5.86. The maximum atomic E-state index is 10.7. The van der Waals surface area contributed by atoms with Crippen LogP contribution in [0.5, 0.6) is 5.75 Å². The van der Waals surface area contributed by atoms with Gasteiger partial charge in [-0.15, -0.1) is 0 Å². The maximum absolute atomic E-state index is 10.7. The van der Waals surface area contributed by atoms with Crippen molar-refractivity contribution in [1.82, 2.24) is 0 Å². The molecule has 17 heavy (non-hydrogen) atoms. The van der Waals surface area contributed by atoms with Gasteiger partial charge in [-0.05, 0) is 24.1 Å². The Balaban J connectivity index is 2.56. The van der Waals surface area contributed by atoms with E-state index in [9.17, 15) is 4.79 Å². The Morgan fingerprint density at radius 3 is 2.88 bits per heavy atom. The van der Waals surface area contributed by atoms with E-state index in [-0.39, 0.29) is 0 Å². The lowest BCUT2D eigenvalue weighted by atomic mass is 10.1. The number of unbranched alkanes of at least 4 members (excludes halogenated alkanes) is 2. The van der Waals surface area contributed by atoms with Gasteiger partial charge in [0.05, 0.1) is 6.61 Å². The molecule has 1 atom stereocenters. The van der Waals surface area contributed by atoms with Gasteiger partial charge in [-0.3, -0.25) is 4.79 Å². The minimum absolute atomic E-state index is 0.561. The first-order chi connectivity index (χ1) is 8.15. The highest BCUT2D eigenvalue weighted by molar-refractivity contribution is 5.75.